The van der Waals surface area contributed by atoms with Gasteiger partial charge in [-0.1, -0.05) is 134 Å². The molecule has 58 heavy (non-hydrogen) atoms. The van der Waals surface area contributed by atoms with Gasteiger partial charge in [0.25, 0.3) is 0 Å². The normalized spacial score (nSPS) is 9.93. The molecule has 4 heterocycles. The van der Waals surface area contributed by atoms with Gasteiger partial charge in [0.2, 0.25) is 0 Å². The average Bonchev–Trinajstić information content (AvgIpc) is 3.25. The molecule has 0 spiro atoms. The van der Waals surface area contributed by atoms with E-state index in [1.165, 1.54) is 12.1 Å². The van der Waals surface area contributed by atoms with Crippen molar-refractivity contribution in [3.8, 4) is 0 Å². The fraction of sp³-hybridized carbons (Fsp3) is 0. The Morgan fingerprint density at radius 2 is 0.793 bits per heavy atom. The van der Waals surface area contributed by atoms with Crippen LogP contribution in [0.3, 0.4) is 0 Å². The maximum atomic E-state index is 10.4. The molecule has 0 aliphatic carbocycles. The van der Waals surface area contributed by atoms with Crippen LogP contribution in [-0.2, 0) is 39.0 Å². The Balaban J connectivity index is 0.000000205. The molecule has 290 valence electrons. The van der Waals surface area contributed by atoms with Crippen molar-refractivity contribution in [2.24, 2.45) is 9.98 Å². The van der Waals surface area contributed by atoms with Crippen LogP contribution in [0.15, 0.2) is 192 Å². The van der Waals surface area contributed by atoms with Crippen LogP contribution in [0.1, 0.15) is 21.0 Å². The second-order valence-electron chi connectivity index (χ2n) is 11.2. The molecule has 0 bridgehead atoms. The van der Waals surface area contributed by atoms with Gasteiger partial charge in [-0.25, -0.2) is 19.9 Å². The number of carbonyl (C=O) groups is 2. The van der Waals surface area contributed by atoms with Crippen molar-refractivity contribution in [3.05, 3.63) is 204 Å². The van der Waals surface area contributed by atoms with Gasteiger partial charge in [0.05, 0.1) is 23.3 Å². The molecule has 8 aromatic rings. The number of aromatic carboxylic acids is 2. The predicted molar refractivity (Wildman–Crippen MR) is 216 cm³/mol. The van der Waals surface area contributed by atoms with Crippen LogP contribution in [0.4, 0.5) is 22.7 Å². The fourth-order valence-corrected chi connectivity index (χ4v) is 4.51. The van der Waals surface area contributed by atoms with Crippen LogP contribution in [0.2, 0.25) is 0 Å². The minimum absolute atomic E-state index is 0. The molecule has 4 aromatic carbocycles. The smallest absolute Gasteiger partial charge is 0.543 e. The van der Waals surface area contributed by atoms with Crippen molar-refractivity contribution >= 4 is 69.4 Å². The average molecular weight is 943 g/mol. The molecule has 0 N–H and O–H groups in total. The van der Waals surface area contributed by atoms with Gasteiger partial charge in [-0.2, -0.15) is 0 Å². The Bertz CT molecular complexity index is 2320. The molecular formula is C44H32N8O4Rh2. The number of benzene rings is 4. The molecule has 0 saturated carbocycles. The summed E-state index contributed by atoms with van der Waals surface area (Å²) in [6, 6.07) is 52.3. The van der Waals surface area contributed by atoms with Gasteiger partial charge in [0.1, 0.15) is 0 Å². The summed E-state index contributed by atoms with van der Waals surface area (Å²) < 4.78 is 0. The van der Waals surface area contributed by atoms with E-state index in [1.54, 1.807) is 49.3 Å². The predicted octanol–water partition coefficient (Wildman–Crippen LogP) is 8.09. The van der Waals surface area contributed by atoms with Crippen molar-refractivity contribution in [2.45, 2.75) is 0 Å². The Labute approximate surface area is 360 Å². The molecule has 12 nitrogen and oxygen atoms in total. The summed E-state index contributed by atoms with van der Waals surface area (Å²) in [5, 5.41) is 30.9. The summed E-state index contributed by atoms with van der Waals surface area (Å²) in [6.07, 6.45) is 6.28. The molecular weight excluding hydrogens is 910 g/mol. The van der Waals surface area contributed by atoms with E-state index in [-0.39, 0.29) is 50.3 Å². The fourth-order valence-electron chi connectivity index (χ4n) is 4.51. The first-order valence-electron chi connectivity index (χ1n) is 17.0. The zero-order chi connectivity index (χ0) is 39.2. The topological polar surface area (TPSA) is 185 Å². The molecule has 4 aromatic heterocycles. The number of para-hydroxylation sites is 4. The molecule has 8 rings (SSSR count). The Morgan fingerprint density at radius 3 is 1.14 bits per heavy atom. The first-order valence-corrected chi connectivity index (χ1v) is 17.0. The van der Waals surface area contributed by atoms with Crippen LogP contribution in [0, 0.1) is 0 Å². The van der Waals surface area contributed by atoms with E-state index >= 15 is 0 Å². The number of carboxylic acid groups (broad SMARTS) is 2. The minimum atomic E-state index is -1.28. The summed E-state index contributed by atoms with van der Waals surface area (Å²) in [4.78, 5) is 44.8. The molecule has 0 fully saturated rings. The summed E-state index contributed by atoms with van der Waals surface area (Å²) >= 11 is 0. The number of hydrogen-bond acceptors (Lipinski definition) is 10. The first kappa shape index (κ1) is 45.5. The molecule has 2 radical (unpaired) electrons. The SMILES string of the molecule is C(=Nc1ccccc1)[N-]c1ccccc1.C(=Nc1ccccc1)[N-]c1ccccc1.O=C([O-])c1ccc2cccnc2n1.O=C([O-])c1ccc2cccnc2n1.[Rh+2].[Rh+2]. The summed E-state index contributed by atoms with van der Waals surface area (Å²) in [5.74, 6) is -2.57. The Morgan fingerprint density at radius 1 is 0.448 bits per heavy atom. The molecule has 14 heteroatoms. The number of nitrogens with zero attached hydrogens (tertiary/aromatic N) is 8. The van der Waals surface area contributed by atoms with E-state index in [1.807, 2.05) is 133 Å². The molecule has 0 aliphatic heterocycles. The van der Waals surface area contributed by atoms with Gasteiger partial charge in [-0.05, 0) is 71.3 Å². The van der Waals surface area contributed by atoms with Gasteiger partial charge < -0.3 is 40.4 Å². The molecule has 0 amide bonds. The van der Waals surface area contributed by atoms with Crippen molar-refractivity contribution in [2.75, 3.05) is 0 Å². The monoisotopic (exact) mass is 942 g/mol. The van der Waals surface area contributed by atoms with Gasteiger partial charge in [-0.15, -0.1) is 0 Å². The van der Waals surface area contributed by atoms with Gasteiger partial charge in [-0.3, -0.25) is 0 Å². The molecule has 0 aliphatic rings. The van der Waals surface area contributed by atoms with E-state index in [0.717, 1.165) is 33.5 Å². The van der Waals surface area contributed by atoms with Crippen molar-refractivity contribution < 1.29 is 58.8 Å². The van der Waals surface area contributed by atoms with Gasteiger partial charge in [0, 0.05) is 23.2 Å². The zero-order valence-corrected chi connectivity index (χ0v) is 33.6. The summed E-state index contributed by atoms with van der Waals surface area (Å²) in [5.41, 5.74) is 4.31. The third-order valence-electron chi connectivity index (χ3n) is 7.20. The second-order valence-corrected chi connectivity index (χ2v) is 11.2. The third kappa shape index (κ3) is 15.7. The summed E-state index contributed by atoms with van der Waals surface area (Å²) in [6.45, 7) is 0. The number of rotatable bonds is 8. The number of hydrogen-bond donors (Lipinski definition) is 0. The van der Waals surface area contributed by atoms with E-state index in [9.17, 15) is 19.8 Å². The summed E-state index contributed by atoms with van der Waals surface area (Å²) in [7, 11) is 0. The standard InChI is InChI=1S/2C13H11N2.2C9H6N2O2.2Rh/c2*1-3-7-12(8-4-1)14-11-15-13-9-5-2-6-10-13;2*12-9(13)7-4-3-6-2-1-5-10-8(6)11-7;;/h2*1-11H;2*1-5H,(H,12,13);;/q2*-1;;;2*+2/p-2. The number of fused-ring (bicyclic) bond motifs is 2. The largest absolute Gasteiger partial charge is 2.00 e. The molecule has 0 saturated heterocycles. The maximum absolute atomic E-state index is 10.4. The Hall–Kier alpha value is -6.87. The van der Waals surface area contributed by atoms with E-state index in [0.29, 0.717) is 11.3 Å². The zero-order valence-electron chi connectivity index (χ0n) is 30.4. The van der Waals surface area contributed by atoms with E-state index in [4.69, 9.17) is 0 Å². The van der Waals surface area contributed by atoms with Crippen LogP contribution < -0.4 is 10.2 Å². The molecule has 0 atom stereocenters. The van der Waals surface area contributed by atoms with Gasteiger partial charge >= 0.3 is 39.0 Å². The van der Waals surface area contributed by atoms with Crippen LogP contribution in [-0.4, -0.2) is 44.6 Å². The Kier molecular flexibility index (Phi) is 19.9. The van der Waals surface area contributed by atoms with E-state index in [2.05, 4.69) is 40.6 Å². The first-order chi connectivity index (χ1) is 27.4. The van der Waals surface area contributed by atoms with Gasteiger partial charge in [0.15, 0.2) is 11.3 Å². The number of pyridine rings is 4. The minimum Gasteiger partial charge on any atom is -0.543 e. The van der Waals surface area contributed by atoms with Crippen molar-refractivity contribution in [1.29, 1.82) is 0 Å². The van der Waals surface area contributed by atoms with Crippen LogP contribution >= 0.6 is 0 Å². The molecule has 0 unspecified atom stereocenters. The van der Waals surface area contributed by atoms with Crippen LogP contribution in [0.25, 0.3) is 32.7 Å². The van der Waals surface area contributed by atoms with Crippen molar-refractivity contribution in [3.63, 3.8) is 0 Å². The number of carbonyl (C=O) groups excluding carboxylic acids is 2. The quantitative estimate of drug-likeness (QED) is 0.0832. The third-order valence-corrected chi connectivity index (χ3v) is 7.20. The number of aliphatic imine (C=N–C) groups is 2. The number of aromatic nitrogens is 4. The second kappa shape index (κ2) is 25.3. The maximum Gasteiger partial charge on any atom is 2.00 e. The van der Waals surface area contributed by atoms with E-state index < -0.39 is 11.9 Å². The van der Waals surface area contributed by atoms with Crippen LogP contribution in [0.5, 0.6) is 0 Å². The van der Waals surface area contributed by atoms with Crippen molar-refractivity contribution in [1.82, 2.24) is 19.9 Å². The number of carboxylic acids is 2.